The number of hydrogen-bond donors (Lipinski definition) is 0. The summed E-state index contributed by atoms with van der Waals surface area (Å²) in [7, 11) is 0. The van der Waals surface area contributed by atoms with Crippen LogP contribution in [-0.4, -0.2) is 4.57 Å². The first-order chi connectivity index (χ1) is 28.7. The maximum absolute atomic E-state index is 2.45. The largest absolute Gasteiger partial charge is 0.310 e. The second kappa shape index (κ2) is 13.8. The molecule has 2 nitrogen and oxygen atoms in total. The van der Waals surface area contributed by atoms with Crippen LogP contribution in [0, 0.1) is 0 Å². The number of para-hydroxylation sites is 3. The highest BCUT2D eigenvalue weighted by atomic mass is 15.1. The minimum atomic E-state index is -0.470. The molecule has 8 aromatic carbocycles. The van der Waals surface area contributed by atoms with Gasteiger partial charge in [-0.25, -0.2) is 0 Å². The van der Waals surface area contributed by atoms with Gasteiger partial charge < -0.3 is 9.47 Å². The van der Waals surface area contributed by atoms with Crippen LogP contribution in [0.3, 0.4) is 0 Å². The van der Waals surface area contributed by atoms with Crippen LogP contribution in [0.25, 0.3) is 33.8 Å². The minimum Gasteiger partial charge on any atom is -0.310 e. The Kier molecular flexibility index (Phi) is 8.11. The van der Waals surface area contributed by atoms with Gasteiger partial charge >= 0.3 is 0 Å². The highest BCUT2D eigenvalue weighted by Crippen LogP contribution is 2.57. The van der Waals surface area contributed by atoms with Crippen molar-refractivity contribution in [3.8, 4) is 16.8 Å². The predicted molar refractivity (Wildman–Crippen MR) is 242 cm³/mol. The molecule has 2 unspecified atom stereocenters. The number of hydrogen-bond acceptors (Lipinski definition) is 1. The number of aromatic nitrogens is 1. The third-order valence-corrected chi connectivity index (χ3v) is 12.7. The topological polar surface area (TPSA) is 8.17 Å². The van der Waals surface area contributed by atoms with Gasteiger partial charge in [0.15, 0.2) is 0 Å². The van der Waals surface area contributed by atoms with Crippen molar-refractivity contribution in [3.05, 3.63) is 257 Å². The highest BCUT2D eigenvalue weighted by Gasteiger charge is 2.46. The lowest BCUT2D eigenvalue weighted by Crippen LogP contribution is -2.28. The Labute approximate surface area is 340 Å². The first-order valence-corrected chi connectivity index (χ1v) is 20.4. The molecule has 0 N–H and O–H groups in total. The smallest absolute Gasteiger partial charge is 0.0714 e. The van der Waals surface area contributed by atoms with Gasteiger partial charge in [0.1, 0.15) is 0 Å². The zero-order valence-electron chi connectivity index (χ0n) is 32.4. The molecule has 58 heavy (non-hydrogen) atoms. The molecule has 9 aromatic rings. The third-order valence-electron chi connectivity index (χ3n) is 12.7. The minimum absolute atomic E-state index is 0.248. The first-order valence-electron chi connectivity index (χ1n) is 20.4. The van der Waals surface area contributed by atoms with Gasteiger partial charge in [0, 0.05) is 34.1 Å². The van der Waals surface area contributed by atoms with E-state index in [1.807, 2.05) is 0 Å². The van der Waals surface area contributed by atoms with Gasteiger partial charge in [0.05, 0.1) is 16.6 Å². The van der Waals surface area contributed by atoms with E-state index >= 15 is 0 Å². The quantitative estimate of drug-likeness (QED) is 0.158. The fourth-order valence-corrected chi connectivity index (χ4v) is 10.2. The second-order valence-corrected chi connectivity index (χ2v) is 15.7. The predicted octanol–water partition coefficient (Wildman–Crippen LogP) is 14.4. The van der Waals surface area contributed by atoms with E-state index in [4.69, 9.17) is 0 Å². The summed E-state index contributed by atoms with van der Waals surface area (Å²) in [4.78, 5) is 2.42. The van der Waals surface area contributed by atoms with Crippen LogP contribution in [-0.2, 0) is 5.41 Å². The molecule has 0 spiro atoms. The lowest BCUT2D eigenvalue weighted by atomic mass is 9.67. The molecule has 0 radical (unpaired) electrons. The maximum atomic E-state index is 2.45. The molecule has 1 heterocycles. The Morgan fingerprint density at radius 3 is 1.74 bits per heavy atom. The van der Waals surface area contributed by atoms with E-state index in [0.717, 1.165) is 17.1 Å². The van der Waals surface area contributed by atoms with E-state index in [1.54, 1.807) is 0 Å². The van der Waals surface area contributed by atoms with Crippen molar-refractivity contribution in [1.82, 2.24) is 4.57 Å². The van der Waals surface area contributed by atoms with Gasteiger partial charge in [-0.2, -0.15) is 0 Å². The van der Waals surface area contributed by atoms with E-state index in [0.29, 0.717) is 5.92 Å². The van der Waals surface area contributed by atoms with Crippen molar-refractivity contribution in [1.29, 1.82) is 0 Å². The molecule has 1 aromatic heterocycles. The summed E-state index contributed by atoms with van der Waals surface area (Å²) >= 11 is 0. The Hall–Kier alpha value is -7.16. The van der Waals surface area contributed by atoms with Crippen LogP contribution in [0.4, 0.5) is 17.1 Å². The number of benzene rings is 8. The van der Waals surface area contributed by atoms with E-state index in [1.165, 1.54) is 66.8 Å². The van der Waals surface area contributed by atoms with Crippen LogP contribution in [0.15, 0.2) is 218 Å². The van der Waals surface area contributed by atoms with Crippen molar-refractivity contribution in [2.75, 3.05) is 4.90 Å². The molecule has 2 aliphatic rings. The van der Waals surface area contributed by atoms with E-state index in [9.17, 15) is 0 Å². The van der Waals surface area contributed by atoms with Gasteiger partial charge in [-0.1, -0.05) is 171 Å². The molecule has 2 aliphatic carbocycles. The van der Waals surface area contributed by atoms with Gasteiger partial charge in [0.25, 0.3) is 0 Å². The summed E-state index contributed by atoms with van der Waals surface area (Å²) in [6.07, 6.45) is 4.77. The lowest BCUT2D eigenvalue weighted by Gasteiger charge is -2.35. The van der Waals surface area contributed by atoms with Gasteiger partial charge in [-0.3, -0.25) is 0 Å². The summed E-state index contributed by atoms with van der Waals surface area (Å²) in [6.45, 7) is 2.40. The SMILES string of the molecule is CC1c2c(n(-c3ccccc3)c3ccccc23)C=CC1c1ccc(N(c2ccccc2)c2ccc3c(c2)C(c2ccccc2)(c2ccccc2)c2ccccc2-3)cc1. The normalized spacial score (nSPS) is 16.1. The number of nitrogens with zero attached hydrogens (tertiary/aromatic N) is 2. The average Bonchev–Trinajstić information content (AvgIpc) is 3.79. The zero-order valence-corrected chi connectivity index (χ0v) is 32.4. The second-order valence-electron chi connectivity index (χ2n) is 15.7. The summed E-state index contributed by atoms with van der Waals surface area (Å²) in [5, 5.41) is 1.33. The fraction of sp³-hybridized carbons (Fsp3) is 0.0714. The zero-order chi connectivity index (χ0) is 38.6. The molecule has 0 saturated heterocycles. The molecular formula is C56H42N2. The third kappa shape index (κ3) is 5.18. The molecule has 0 aliphatic heterocycles. The Balaban J connectivity index is 1.03. The summed E-state index contributed by atoms with van der Waals surface area (Å²) in [5.41, 5.74) is 17.1. The highest BCUT2D eigenvalue weighted by molar-refractivity contribution is 5.92. The van der Waals surface area contributed by atoms with Crippen molar-refractivity contribution in [3.63, 3.8) is 0 Å². The molecule has 0 saturated carbocycles. The number of allylic oxidation sites excluding steroid dienone is 1. The van der Waals surface area contributed by atoms with Crippen molar-refractivity contribution in [2.24, 2.45) is 0 Å². The molecule has 2 atom stereocenters. The maximum Gasteiger partial charge on any atom is 0.0714 e. The van der Waals surface area contributed by atoms with E-state index in [2.05, 4.69) is 241 Å². The molecule has 11 rings (SSSR count). The number of anilines is 3. The summed E-state index contributed by atoms with van der Waals surface area (Å²) in [5.74, 6) is 0.547. The number of rotatable bonds is 7. The van der Waals surface area contributed by atoms with Crippen LogP contribution in [0.1, 0.15) is 57.8 Å². The molecule has 0 amide bonds. The average molecular weight is 743 g/mol. The van der Waals surface area contributed by atoms with Gasteiger partial charge in [-0.05, 0) is 111 Å². The van der Waals surface area contributed by atoms with Gasteiger partial charge in [-0.15, -0.1) is 0 Å². The fourth-order valence-electron chi connectivity index (χ4n) is 10.2. The van der Waals surface area contributed by atoms with Crippen molar-refractivity contribution >= 4 is 34.0 Å². The van der Waals surface area contributed by atoms with E-state index < -0.39 is 5.41 Å². The van der Waals surface area contributed by atoms with Gasteiger partial charge in [0.2, 0.25) is 0 Å². The molecule has 2 heteroatoms. The van der Waals surface area contributed by atoms with Crippen molar-refractivity contribution in [2.45, 2.75) is 24.2 Å². The summed E-state index contributed by atoms with van der Waals surface area (Å²) in [6, 6.07) is 77.9. The molecule has 276 valence electrons. The van der Waals surface area contributed by atoms with Crippen molar-refractivity contribution < 1.29 is 0 Å². The monoisotopic (exact) mass is 742 g/mol. The Morgan fingerprint density at radius 2 is 1.03 bits per heavy atom. The Bertz CT molecular complexity index is 2900. The Morgan fingerprint density at radius 1 is 0.483 bits per heavy atom. The standard InChI is InChI=1S/C56H42N2/c1-39-47(36-37-54-55(39)50-27-15-17-29-53(50)58(54)44-24-12-5-13-25-44)40-30-32-45(33-31-40)57(43-22-10-4-11-23-43)46-34-35-49-48-26-14-16-28-51(48)56(52(49)38-46,41-18-6-2-7-19-41)42-20-8-3-9-21-42/h2-39,47H,1H3. The van der Waals surface area contributed by atoms with Crippen LogP contribution in [0.2, 0.25) is 0 Å². The van der Waals surface area contributed by atoms with Crippen LogP contribution in [0.5, 0.6) is 0 Å². The van der Waals surface area contributed by atoms with Crippen LogP contribution >= 0.6 is 0 Å². The summed E-state index contributed by atoms with van der Waals surface area (Å²) < 4.78 is 2.42. The molecular weight excluding hydrogens is 701 g/mol. The molecule has 0 fully saturated rings. The van der Waals surface area contributed by atoms with Crippen LogP contribution < -0.4 is 4.90 Å². The first kappa shape index (κ1) is 34.1. The lowest BCUT2D eigenvalue weighted by molar-refractivity contribution is 0.671. The van der Waals surface area contributed by atoms with E-state index in [-0.39, 0.29) is 5.92 Å². The molecule has 0 bridgehead atoms. The number of fused-ring (bicyclic) bond motifs is 6.